The van der Waals surface area contributed by atoms with Gasteiger partial charge in [0.2, 0.25) is 0 Å². The van der Waals surface area contributed by atoms with Gasteiger partial charge in [-0.05, 0) is 28.1 Å². The molecule has 2 rings (SSSR count). The van der Waals surface area contributed by atoms with E-state index in [0.717, 1.165) is 15.9 Å². The van der Waals surface area contributed by atoms with E-state index in [4.69, 9.17) is 4.74 Å². The quantitative estimate of drug-likeness (QED) is 0.909. The molecule has 1 aromatic carbocycles. The summed E-state index contributed by atoms with van der Waals surface area (Å²) in [6, 6.07) is 5.68. The van der Waals surface area contributed by atoms with Crippen LogP contribution in [0.2, 0.25) is 0 Å². The third-order valence-corrected chi connectivity index (χ3v) is 3.02. The van der Waals surface area contributed by atoms with Crippen molar-refractivity contribution in [3.8, 4) is 5.75 Å². The molecule has 94 valence electrons. The van der Waals surface area contributed by atoms with Gasteiger partial charge in [0.25, 0.3) is 0 Å². The Morgan fingerprint density at radius 3 is 2.72 bits per heavy atom. The summed E-state index contributed by atoms with van der Waals surface area (Å²) in [5.41, 5.74) is 0.872. The van der Waals surface area contributed by atoms with E-state index in [2.05, 4.69) is 36.5 Å². The molecule has 1 aromatic heterocycles. The molecule has 2 N–H and O–H groups in total. The molecule has 18 heavy (non-hydrogen) atoms. The molecule has 5 nitrogen and oxygen atoms in total. The Labute approximate surface area is 114 Å². The average molecular weight is 309 g/mol. The van der Waals surface area contributed by atoms with Crippen LogP contribution in [0.1, 0.15) is 0 Å². The van der Waals surface area contributed by atoms with E-state index in [1.54, 1.807) is 26.6 Å². The predicted molar refractivity (Wildman–Crippen MR) is 75.6 cm³/mol. The first-order chi connectivity index (χ1) is 8.72. The van der Waals surface area contributed by atoms with Crippen molar-refractivity contribution in [3.05, 3.63) is 35.1 Å². The van der Waals surface area contributed by atoms with Crippen molar-refractivity contribution in [1.82, 2.24) is 9.97 Å². The van der Waals surface area contributed by atoms with E-state index in [0.29, 0.717) is 11.6 Å². The van der Waals surface area contributed by atoms with Crippen molar-refractivity contribution in [2.24, 2.45) is 0 Å². The zero-order valence-electron chi connectivity index (χ0n) is 10.1. The Kier molecular flexibility index (Phi) is 3.99. The smallest absolute Gasteiger partial charge is 0.151 e. The van der Waals surface area contributed by atoms with Crippen molar-refractivity contribution in [3.63, 3.8) is 0 Å². The number of benzene rings is 1. The highest BCUT2D eigenvalue weighted by atomic mass is 79.9. The second kappa shape index (κ2) is 5.68. The molecule has 0 radical (unpaired) electrons. The van der Waals surface area contributed by atoms with Crippen LogP contribution in [0.25, 0.3) is 0 Å². The van der Waals surface area contributed by atoms with E-state index in [1.807, 2.05) is 18.2 Å². The van der Waals surface area contributed by atoms with E-state index in [-0.39, 0.29) is 0 Å². The Bertz CT molecular complexity index is 547. The Morgan fingerprint density at radius 2 is 2.00 bits per heavy atom. The van der Waals surface area contributed by atoms with Crippen molar-refractivity contribution < 1.29 is 4.74 Å². The topological polar surface area (TPSA) is 59.1 Å². The lowest BCUT2D eigenvalue weighted by molar-refractivity contribution is 0.415. The lowest BCUT2D eigenvalue weighted by Crippen LogP contribution is -1.99. The Hall–Kier alpha value is -1.82. The number of anilines is 3. The standard InChI is InChI=1S/C12H13BrN4O/c1-14-11-6-15-7-12(17-11)16-10-5-8(18-2)3-4-9(10)13/h3-7H,1-2H3,(H2,14,16,17). The van der Waals surface area contributed by atoms with Crippen LogP contribution < -0.4 is 15.4 Å². The van der Waals surface area contributed by atoms with Gasteiger partial charge in [-0.3, -0.25) is 4.98 Å². The summed E-state index contributed by atoms with van der Waals surface area (Å²) in [6.45, 7) is 0. The van der Waals surface area contributed by atoms with Gasteiger partial charge in [0.05, 0.1) is 25.2 Å². The second-order valence-corrected chi connectivity index (χ2v) is 4.36. The number of hydrogen-bond donors (Lipinski definition) is 2. The number of hydrogen-bond acceptors (Lipinski definition) is 5. The van der Waals surface area contributed by atoms with Gasteiger partial charge in [-0.2, -0.15) is 0 Å². The van der Waals surface area contributed by atoms with Crippen LogP contribution in [0.3, 0.4) is 0 Å². The van der Waals surface area contributed by atoms with Gasteiger partial charge >= 0.3 is 0 Å². The highest BCUT2D eigenvalue weighted by Crippen LogP contribution is 2.29. The number of halogens is 1. The minimum Gasteiger partial charge on any atom is -0.497 e. The number of aromatic nitrogens is 2. The molecule has 1 heterocycles. The average Bonchev–Trinajstić information content (AvgIpc) is 2.41. The molecule has 2 aromatic rings. The molecule has 0 saturated heterocycles. The fraction of sp³-hybridized carbons (Fsp3) is 0.167. The van der Waals surface area contributed by atoms with Gasteiger partial charge in [0, 0.05) is 17.6 Å². The van der Waals surface area contributed by atoms with Crippen molar-refractivity contribution >= 4 is 33.3 Å². The Balaban J connectivity index is 2.27. The highest BCUT2D eigenvalue weighted by Gasteiger charge is 2.04. The fourth-order valence-corrected chi connectivity index (χ4v) is 1.76. The zero-order chi connectivity index (χ0) is 13.0. The van der Waals surface area contributed by atoms with Crippen LogP contribution in [0.5, 0.6) is 5.75 Å². The maximum atomic E-state index is 5.18. The van der Waals surface area contributed by atoms with Crippen molar-refractivity contribution in [2.75, 3.05) is 24.8 Å². The second-order valence-electron chi connectivity index (χ2n) is 3.51. The maximum Gasteiger partial charge on any atom is 0.151 e. The molecule has 0 saturated carbocycles. The van der Waals surface area contributed by atoms with E-state index < -0.39 is 0 Å². The van der Waals surface area contributed by atoms with Crippen LogP contribution >= 0.6 is 15.9 Å². The van der Waals surface area contributed by atoms with Crippen LogP contribution in [0.15, 0.2) is 35.1 Å². The van der Waals surface area contributed by atoms with Gasteiger partial charge in [-0.15, -0.1) is 0 Å². The van der Waals surface area contributed by atoms with Gasteiger partial charge in [0.15, 0.2) is 5.82 Å². The summed E-state index contributed by atoms with van der Waals surface area (Å²) < 4.78 is 6.11. The monoisotopic (exact) mass is 308 g/mol. The minimum atomic E-state index is 0.663. The van der Waals surface area contributed by atoms with Crippen LogP contribution in [0, 0.1) is 0 Å². The van der Waals surface area contributed by atoms with E-state index >= 15 is 0 Å². The molecule has 0 fully saturated rings. The summed E-state index contributed by atoms with van der Waals surface area (Å²) in [4.78, 5) is 8.43. The van der Waals surface area contributed by atoms with E-state index in [1.165, 1.54) is 0 Å². The molecule has 0 atom stereocenters. The minimum absolute atomic E-state index is 0.663. The first-order valence-corrected chi connectivity index (χ1v) is 6.12. The number of ether oxygens (including phenoxy) is 1. The molecule has 0 spiro atoms. The Morgan fingerprint density at radius 1 is 1.22 bits per heavy atom. The normalized spacial score (nSPS) is 9.94. The molecule has 0 amide bonds. The first kappa shape index (κ1) is 12.6. The third-order valence-electron chi connectivity index (χ3n) is 2.33. The number of nitrogens with one attached hydrogen (secondary N) is 2. The molecule has 0 unspecified atom stereocenters. The largest absolute Gasteiger partial charge is 0.497 e. The molecular formula is C12H13BrN4O. The third kappa shape index (κ3) is 2.89. The summed E-state index contributed by atoms with van der Waals surface area (Å²) in [5.74, 6) is 2.15. The van der Waals surface area contributed by atoms with Crippen LogP contribution in [-0.4, -0.2) is 24.1 Å². The van der Waals surface area contributed by atoms with Gasteiger partial charge in [-0.25, -0.2) is 4.98 Å². The first-order valence-electron chi connectivity index (χ1n) is 5.33. The fourth-order valence-electron chi connectivity index (χ4n) is 1.41. The van der Waals surface area contributed by atoms with Gasteiger partial charge in [-0.1, -0.05) is 0 Å². The maximum absolute atomic E-state index is 5.18. The lowest BCUT2D eigenvalue weighted by Gasteiger charge is -2.10. The van der Waals surface area contributed by atoms with E-state index in [9.17, 15) is 0 Å². The lowest BCUT2D eigenvalue weighted by atomic mass is 10.3. The molecule has 0 bridgehead atoms. The molecular weight excluding hydrogens is 296 g/mol. The number of rotatable bonds is 4. The zero-order valence-corrected chi connectivity index (χ0v) is 11.7. The summed E-state index contributed by atoms with van der Waals surface area (Å²) in [5, 5.41) is 6.12. The van der Waals surface area contributed by atoms with Crippen molar-refractivity contribution in [1.29, 1.82) is 0 Å². The SMILES string of the molecule is CNc1cncc(Nc2cc(OC)ccc2Br)n1. The molecule has 0 aliphatic carbocycles. The molecule has 6 heteroatoms. The highest BCUT2D eigenvalue weighted by molar-refractivity contribution is 9.10. The summed E-state index contributed by atoms with van der Waals surface area (Å²) in [6.07, 6.45) is 3.32. The molecule has 0 aliphatic heterocycles. The predicted octanol–water partition coefficient (Wildman–Crippen LogP) is 3.03. The van der Waals surface area contributed by atoms with Crippen molar-refractivity contribution in [2.45, 2.75) is 0 Å². The number of methoxy groups -OCH3 is 1. The number of nitrogens with zero attached hydrogens (tertiary/aromatic N) is 2. The van der Waals surface area contributed by atoms with Gasteiger partial charge < -0.3 is 15.4 Å². The van der Waals surface area contributed by atoms with Crippen LogP contribution in [0.4, 0.5) is 17.3 Å². The van der Waals surface area contributed by atoms with Crippen LogP contribution in [-0.2, 0) is 0 Å². The summed E-state index contributed by atoms with van der Waals surface area (Å²) in [7, 11) is 3.43. The summed E-state index contributed by atoms with van der Waals surface area (Å²) >= 11 is 3.47. The molecule has 0 aliphatic rings. The van der Waals surface area contributed by atoms with Gasteiger partial charge in [0.1, 0.15) is 11.6 Å².